The normalized spacial score (nSPS) is 24.1. The summed E-state index contributed by atoms with van der Waals surface area (Å²) in [7, 11) is 0. The molecule has 2 aliphatic rings. The highest BCUT2D eigenvalue weighted by Gasteiger charge is 2.52. The summed E-state index contributed by atoms with van der Waals surface area (Å²) in [6.07, 6.45) is 0.659. The van der Waals surface area contributed by atoms with E-state index in [9.17, 15) is 19.2 Å². The first-order valence-corrected chi connectivity index (χ1v) is 12.3. The lowest BCUT2D eigenvalue weighted by Crippen LogP contribution is -2.34. The summed E-state index contributed by atoms with van der Waals surface area (Å²) in [4.78, 5) is 51.7. The van der Waals surface area contributed by atoms with E-state index in [4.69, 9.17) is 27.9 Å². The van der Waals surface area contributed by atoms with Gasteiger partial charge in [-0.2, -0.15) is 0 Å². The van der Waals surface area contributed by atoms with Crippen LogP contribution >= 0.6 is 39.1 Å². The second-order valence-electron chi connectivity index (χ2n) is 8.37. The molecule has 10 heteroatoms. The van der Waals surface area contributed by atoms with Gasteiger partial charge in [-0.1, -0.05) is 22.0 Å². The molecule has 0 bridgehead atoms. The summed E-state index contributed by atoms with van der Waals surface area (Å²) < 4.78 is 6.04. The Kier molecular flexibility index (Phi) is 7.31. The molecular weight excluding hydrogens is 547 g/mol. The number of amides is 3. The Hall–Kier alpha value is -2.42. The van der Waals surface area contributed by atoms with E-state index in [1.807, 2.05) is 6.92 Å². The average molecular weight is 568 g/mol. The Morgan fingerprint density at radius 1 is 1.06 bits per heavy atom. The van der Waals surface area contributed by atoms with Crippen LogP contribution in [0, 0.1) is 18.8 Å². The van der Waals surface area contributed by atoms with Gasteiger partial charge in [0.15, 0.2) is 6.61 Å². The van der Waals surface area contributed by atoms with Crippen molar-refractivity contribution in [2.45, 2.75) is 30.5 Å². The molecule has 2 fully saturated rings. The quantitative estimate of drug-likeness (QED) is 0.322. The van der Waals surface area contributed by atoms with Crippen molar-refractivity contribution in [3.8, 4) is 0 Å². The molecule has 3 amide bonds. The van der Waals surface area contributed by atoms with Gasteiger partial charge in [-0.25, -0.2) is 4.79 Å². The second kappa shape index (κ2) is 10.1. The first-order valence-electron chi connectivity index (χ1n) is 10.6. The molecule has 1 aliphatic heterocycles. The maximum absolute atomic E-state index is 12.9. The molecule has 1 N–H and O–H groups in total. The van der Waals surface area contributed by atoms with Crippen LogP contribution in [-0.4, -0.2) is 41.1 Å². The number of esters is 1. The van der Waals surface area contributed by atoms with Crippen LogP contribution < -0.4 is 10.2 Å². The van der Waals surface area contributed by atoms with Crippen LogP contribution in [0.3, 0.4) is 0 Å². The average Bonchev–Trinajstić information content (AvgIpc) is 3.04. The fourth-order valence-corrected chi connectivity index (χ4v) is 5.09. The lowest BCUT2D eigenvalue weighted by molar-refractivity contribution is -0.122. The second-order valence-corrected chi connectivity index (χ2v) is 10.3. The number of fused-ring (bicyclic) bond motifs is 1. The Bertz CT molecular complexity index is 1150. The Labute approximate surface area is 214 Å². The van der Waals surface area contributed by atoms with Gasteiger partial charge < -0.3 is 10.1 Å². The molecule has 1 aliphatic carbocycles. The molecule has 2 aromatic rings. The van der Waals surface area contributed by atoms with Gasteiger partial charge in [0.25, 0.3) is 5.91 Å². The molecular formula is C24H21BrCl2N2O5. The molecule has 7 nitrogen and oxygen atoms in total. The van der Waals surface area contributed by atoms with E-state index in [-0.39, 0.29) is 33.8 Å². The summed E-state index contributed by atoms with van der Waals surface area (Å²) in [6.45, 7) is 1.40. The van der Waals surface area contributed by atoms with Gasteiger partial charge in [0, 0.05) is 10.2 Å². The van der Waals surface area contributed by atoms with Crippen LogP contribution in [0.5, 0.6) is 0 Å². The highest BCUT2D eigenvalue weighted by atomic mass is 79.9. The molecule has 1 saturated carbocycles. The van der Waals surface area contributed by atoms with Gasteiger partial charge in [-0.15, -0.1) is 23.2 Å². The van der Waals surface area contributed by atoms with E-state index in [1.165, 1.54) is 12.1 Å². The monoisotopic (exact) mass is 566 g/mol. The van der Waals surface area contributed by atoms with Gasteiger partial charge >= 0.3 is 5.97 Å². The molecule has 178 valence electrons. The molecule has 1 heterocycles. The summed E-state index contributed by atoms with van der Waals surface area (Å²) in [5, 5.41) is 1.90. The zero-order chi connectivity index (χ0) is 24.6. The minimum Gasteiger partial charge on any atom is -0.452 e. The van der Waals surface area contributed by atoms with Crippen molar-refractivity contribution in [1.29, 1.82) is 0 Å². The first kappa shape index (κ1) is 24.7. The van der Waals surface area contributed by atoms with Crippen molar-refractivity contribution >= 4 is 74.2 Å². The molecule has 4 rings (SSSR count). The number of rotatable bonds is 5. The number of ether oxygens (including phenoxy) is 1. The fourth-order valence-electron chi connectivity index (χ4n) is 4.26. The largest absolute Gasteiger partial charge is 0.452 e. The predicted octanol–water partition coefficient (Wildman–Crippen LogP) is 4.67. The van der Waals surface area contributed by atoms with Crippen LogP contribution in [0.1, 0.15) is 28.8 Å². The molecule has 0 aromatic heterocycles. The number of aryl methyl sites for hydroxylation is 1. The molecule has 1 saturated heterocycles. The van der Waals surface area contributed by atoms with Crippen molar-refractivity contribution < 1.29 is 23.9 Å². The lowest BCUT2D eigenvalue weighted by atomic mass is 9.80. The number of anilines is 2. The van der Waals surface area contributed by atoms with Crippen molar-refractivity contribution in [2.24, 2.45) is 11.8 Å². The highest BCUT2D eigenvalue weighted by Crippen LogP contribution is 2.43. The number of halogens is 3. The molecule has 2 aromatic carbocycles. The van der Waals surface area contributed by atoms with Gasteiger partial charge in [0.05, 0.1) is 33.8 Å². The van der Waals surface area contributed by atoms with E-state index >= 15 is 0 Å². The maximum atomic E-state index is 12.9. The number of alkyl halides is 2. The standard InChI is InChI=1S/C24H21BrCl2N2O5/c1-12-7-14(5-6-18(12)25)28-21(30)11-34-24(33)13-3-2-4-15(8-13)29-22(31)16-9-19(26)20(27)10-17(16)23(29)32/h2-8,16-17,19-20H,9-11H2,1H3,(H,28,30)/t16-,17-,19+,20+/m1/s1. The molecule has 0 unspecified atom stereocenters. The third-order valence-electron chi connectivity index (χ3n) is 6.03. The Balaban J connectivity index is 1.41. The summed E-state index contributed by atoms with van der Waals surface area (Å²) in [5.41, 5.74) is 1.91. The number of benzene rings is 2. The lowest BCUT2D eigenvalue weighted by Gasteiger charge is -2.28. The number of imide groups is 1. The van der Waals surface area contributed by atoms with Crippen molar-refractivity contribution in [1.82, 2.24) is 0 Å². The molecule has 0 spiro atoms. The third-order valence-corrected chi connectivity index (χ3v) is 8.01. The first-order chi connectivity index (χ1) is 16.2. The molecule has 34 heavy (non-hydrogen) atoms. The maximum Gasteiger partial charge on any atom is 0.338 e. The summed E-state index contributed by atoms with van der Waals surface area (Å²) in [6, 6.07) is 11.3. The number of hydrogen-bond donors (Lipinski definition) is 1. The number of carbonyl (C=O) groups is 4. The number of carbonyl (C=O) groups excluding carboxylic acids is 4. The summed E-state index contributed by atoms with van der Waals surface area (Å²) >= 11 is 15.8. The zero-order valence-corrected chi connectivity index (χ0v) is 21.2. The van der Waals surface area contributed by atoms with Crippen LogP contribution in [0.25, 0.3) is 0 Å². The highest BCUT2D eigenvalue weighted by molar-refractivity contribution is 9.10. The topological polar surface area (TPSA) is 92.8 Å². The van der Waals surface area contributed by atoms with E-state index in [2.05, 4.69) is 21.2 Å². The van der Waals surface area contributed by atoms with Gasteiger partial charge in [-0.3, -0.25) is 19.3 Å². The number of hydrogen-bond acceptors (Lipinski definition) is 5. The van der Waals surface area contributed by atoms with Crippen molar-refractivity contribution in [2.75, 3.05) is 16.8 Å². The van der Waals surface area contributed by atoms with Gasteiger partial charge in [0.1, 0.15) is 0 Å². The van der Waals surface area contributed by atoms with Gasteiger partial charge in [0.2, 0.25) is 11.8 Å². The SMILES string of the molecule is Cc1cc(NC(=O)COC(=O)c2cccc(N3C(=O)[C@@H]4C[C@H](Cl)[C@@H](Cl)C[C@H]4C3=O)c2)ccc1Br. The fraction of sp³-hybridized carbons (Fsp3) is 0.333. The van der Waals surface area contributed by atoms with Crippen LogP contribution in [-0.2, 0) is 19.1 Å². The third kappa shape index (κ3) is 4.99. The number of nitrogens with one attached hydrogen (secondary N) is 1. The van der Waals surface area contributed by atoms with Crippen LogP contribution in [0.2, 0.25) is 0 Å². The number of nitrogens with zero attached hydrogens (tertiary/aromatic N) is 1. The Morgan fingerprint density at radius 2 is 1.71 bits per heavy atom. The minimum atomic E-state index is -0.748. The zero-order valence-electron chi connectivity index (χ0n) is 18.1. The molecule has 4 atom stereocenters. The minimum absolute atomic E-state index is 0.116. The van der Waals surface area contributed by atoms with Crippen molar-refractivity contribution in [3.05, 3.63) is 58.1 Å². The van der Waals surface area contributed by atoms with E-state index < -0.39 is 30.3 Å². The smallest absolute Gasteiger partial charge is 0.338 e. The summed E-state index contributed by atoms with van der Waals surface area (Å²) in [5.74, 6) is -2.98. The predicted molar refractivity (Wildman–Crippen MR) is 132 cm³/mol. The van der Waals surface area contributed by atoms with Crippen molar-refractivity contribution in [3.63, 3.8) is 0 Å². The van der Waals surface area contributed by atoms with Crippen LogP contribution in [0.4, 0.5) is 11.4 Å². The van der Waals surface area contributed by atoms with Gasteiger partial charge in [-0.05, 0) is 61.7 Å². The molecule has 0 radical (unpaired) electrons. The van der Waals surface area contributed by atoms with Crippen LogP contribution in [0.15, 0.2) is 46.9 Å². The van der Waals surface area contributed by atoms with E-state index in [1.54, 1.807) is 30.3 Å². The van der Waals surface area contributed by atoms with E-state index in [0.29, 0.717) is 18.5 Å². The van der Waals surface area contributed by atoms with E-state index in [0.717, 1.165) is 14.9 Å². The Morgan fingerprint density at radius 3 is 2.32 bits per heavy atom.